The van der Waals surface area contributed by atoms with E-state index in [1.165, 1.54) is 5.57 Å². The summed E-state index contributed by atoms with van der Waals surface area (Å²) in [7, 11) is 0. The number of hydrogen-bond acceptors (Lipinski definition) is 1. The second kappa shape index (κ2) is 7.17. The average molecular weight is 343 g/mol. The van der Waals surface area contributed by atoms with E-state index in [4.69, 9.17) is 0 Å². The summed E-state index contributed by atoms with van der Waals surface area (Å²) in [6, 6.07) is 21.9. The van der Waals surface area contributed by atoms with Crippen LogP contribution >= 0.6 is 0 Å². The Bertz CT molecular complexity index is 959. The molecule has 0 aliphatic heterocycles. The first kappa shape index (κ1) is 17.9. The number of carbonyl (C=O) groups is 1. The van der Waals surface area contributed by atoms with E-state index in [1.807, 2.05) is 60.7 Å². The molecule has 1 amide bonds. The lowest BCUT2D eigenvalue weighted by Crippen LogP contribution is -2.11. The zero-order chi connectivity index (χ0) is 18.7. The Hall–Kier alpha value is -2.87. The molecular formula is C24H25NO. The van der Waals surface area contributed by atoms with Crippen LogP contribution in [0, 0.1) is 5.41 Å². The summed E-state index contributed by atoms with van der Waals surface area (Å²) in [5, 5.41) is 5.26. The van der Waals surface area contributed by atoms with Gasteiger partial charge in [0.15, 0.2) is 0 Å². The van der Waals surface area contributed by atoms with Gasteiger partial charge in [-0.25, -0.2) is 0 Å². The number of carbonyl (C=O) groups excluding carboxylic acids is 1. The highest BCUT2D eigenvalue weighted by Crippen LogP contribution is 2.24. The molecule has 0 aliphatic rings. The van der Waals surface area contributed by atoms with Crippen LogP contribution in [-0.2, 0) is 0 Å². The van der Waals surface area contributed by atoms with Gasteiger partial charge >= 0.3 is 0 Å². The molecule has 0 spiro atoms. The van der Waals surface area contributed by atoms with E-state index in [-0.39, 0.29) is 11.3 Å². The van der Waals surface area contributed by atoms with Crippen molar-refractivity contribution in [3.05, 3.63) is 83.9 Å². The predicted molar refractivity (Wildman–Crippen MR) is 111 cm³/mol. The van der Waals surface area contributed by atoms with Crippen LogP contribution in [0.5, 0.6) is 0 Å². The minimum absolute atomic E-state index is 0.0933. The van der Waals surface area contributed by atoms with Gasteiger partial charge in [-0.3, -0.25) is 4.79 Å². The Morgan fingerprint density at radius 2 is 1.46 bits per heavy atom. The van der Waals surface area contributed by atoms with Crippen LogP contribution in [0.3, 0.4) is 0 Å². The zero-order valence-electron chi connectivity index (χ0n) is 15.8. The van der Waals surface area contributed by atoms with Gasteiger partial charge in [0.2, 0.25) is 0 Å². The van der Waals surface area contributed by atoms with Gasteiger partial charge in [-0.05, 0) is 58.5 Å². The van der Waals surface area contributed by atoms with Crippen LogP contribution in [-0.4, -0.2) is 5.91 Å². The second-order valence-electron chi connectivity index (χ2n) is 7.79. The molecule has 3 aromatic carbocycles. The Morgan fingerprint density at radius 3 is 2.12 bits per heavy atom. The number of fused-ring (bicyclic) bond motifs is 1. The quantitative estimate of drug-likeness (QED) is 0.574. The van der Waals surface area contributed by atoms with Crippen molar-refractivity contribution in [3.63, 3.8) is 0 Å². The van der Waals surface area contributed by atoms with E-state index in [2.05, 4.69) is 45.2 Å². The number of anilines is 1. The van der Waals surface area contributed by atoms with Crippen molar-refractivity contribution < 1.29 is 4.79 Å². The molecule has 2 nitrogen and oxygen atoms in total. The van der Waals surface area contributed by atoms with E-state index in [9.17, 15) is 4.79 Å². The van der Waals surface area contributed by atoms with E-state index < -0.39 is 0 Å². The van der Waals surface area contributed by atoms with E-state index in [0.29, 0.717) is 5.56 Å². The largest absolute Gasteiger partial charge is 0.322 e. The molecule has 0 bridgehead atoms. The maximum absolute atomic E-state index is 12.5. The van der Waals surface area contributed by atoms with E-state index in [0.717, 1.165) is 22.0 Å². The van der Waals surface area contributed by atoms with Gasteiger partial charge in [-0.2, -0.15) is 0 Å². The summed E-state index contributed by atoms with van der Waals surface area (Å²) in [5.41, 5.74) is 3.96. The maximum Gasteiger partial charge on any atom is 0.255 e. The summed E-state index contributed by atoms with van der Waals surface area (Å²) in [4.78, 5) is 12.5. The van der Waals surface area contributed by atoms with Crippen LogP contribution in [0.2, 0.25) is 0 Å². The van der Waals surface area contributed by atoms with Gasteiger partial charge in [0, 0.05) is 11.3 Å². The van der Waals surface area contributed by atoms with Crippen molar-refractivity contribution in [2.24, 2.45) is 5.41 Å². The third-order valence-electron chi connectivity index (χ3n) is 4.26. The molecule has 0 radical (unpaired) electrons. The number of amides is 1. The van der Waals surface area contributed by atoms with Crippen LogP contribution in [0.25, 0.3) is 16.3 Å². The molecule has 0 fully saturated rings. The normalized spacial score (nSPS) is 12.2. The van der Waals surface area contributed by atoms with E-state index in [1.54, 1.807) is 0 Å². The molecule has 2 heteroatoms. The minimum Gasteiger partial charge on any atom is -0.322 e. The summed E-state index contributed by atoms with van der Waals surface area (Å²) in [5.74, 6) is -0.0933. The number of benzene rings is 3. The van der Waals surface area contributed by atoms with Gasteiger partial charge in [-0.1, -0.05) is 69.3 Å². The molecule has 1 N–H and O–H groups in total. The lowest BCUT2D eigenvalue weighted by molar-refractivity contribution is 0.102. The van der Waals surface area contributed by atoms with Crippen molar-refractivity contribution in [2.45, 2.75) is 27.7 Å². The topological polar surface area (TPSA) is 29.1 Å². The molecule has 0 heterocycles. The Labute approximate surface area is 155 Å². The van der Waals surface area contributed by atoms with Gasteiger partial charge in [0.1, 0.15) is 0 Å². The predicted octanol–water partition coefficient (Wildman–Crippen LogP) is 6.54. The number of nitrogens with one attached hydrogen (secondary N) is 1. The SMILES string of the molecule is CC(=CC(C)(C)C)c1ccc(C(=O)Nc2ccc3ccccc3c2)cc1. The van der Waals surface area contributed by atoms with Crippen molar-refractivity contribution in [1.82, 2.24) is 0 Å². The molecule has 3 rings (SSSR count). The fourth-order valence-electron chi connectivity index (χ4n) is 3.09. The summed E-state index contributed by atoms with van der Waals surface area (Å²) >= 11 is 0. The van der Waals surface area contributed by atoms with Gasteiger partial charge in [0.25, 0.3) is 5.91 Å². The Morgan fingerprint density at radius 1 is 0.846 bits per heavy atom. The number of allylic oxidation sites excluding steroid dienone is 2. The molecular weight excluding hydrogens is 318 g/mol. The zero-order valence-corrected chi connectivity index (χ0v) is 15.8. The smallest absolute Gasteiger partial charge is 0.255 e. The molecule has 0 unspecified atom stereocenters. The molecule has 0 saturated heterocycles. The molecule has 0 aromatic heterocycles. The fourth-order valence-corrected chi connectivity index (χ4v) is 3.09. The highest BCUT2D eigenvalue weighted by molar-refractivity contribution is 6.05. The summed E-state index contributed by atoms with van der Waals surface area (Å²) in [6.45, 7) is 8.65. The van der Waals surface area contributed by atoms with E-state index >= 15 is 0 Å². The first-order chi connectivity index (χ1) is 12.3. The average Bonchev–Trinajstić information content (AvgIpc) is 2.60. The summed E-state index contributed by atoms with van der Waals surface area (Å²) in [6.07, 6.45) is 2.25. The van der Waals surface area contributed by atoms with Crippen molar-refractivity contribution in [3.8, 4) is 0 Å². The van der Waals surface area contributed by atoms with Crippen molar-refractivity contribution >= 4 is 27.9 Å². The standard InChI is InChI=1S/C24H25NO/c1-17(16-24(2,3)4)18-9-11-20(12-10-18)23(26)25-22-14-13-19-7-5-6-8-21(19)15-22/h5-16H,1-4H3,(H,25,26). The van der Waals surface area contributed by atoms with Crippen LogP contribution < -0.4 is 5.32 Å². The van der Waals surface area contributed by atoms with Gasteiger partial charge in [-0.15, -0.1) is 0 Å². The monoisotopic (exact) mass is 343 g/mol. The first-order valence-corrected chi connectivity index (χ1v) is 8.92. The molecule has 0 aliphatic carbocycles. The third kappa shape index (κ3) is 4.40. The fraction of sp³-hybridized carbons (Fsp3) is 0.208. The van der Waals surface area contributed by atoms with Crippen LogP contribution in [0.1, 0.15) is 43.6 Å². The highest BCUT2D eigenvalue weighted by Gasteiger charge is 2.09. The Kier molecular flexibility index (Phi) is 4.94. The third-order valence-corrected chi connectivity index (χ3v) is 4.26. The molecule has 0 saturated carbocycles. The van der Waals surface area contributed by atoms with Crippen molar-refractivity contribution in [2.75, 3.05) is 5.32 Å². The van der Waals surface area contributed by atoms with Gasteiger partial charge < -0.3 is 5.32 Å². The number of hydrogen-bond donors (Lipinski definition) is 1. The Balaban J connectivity index is 1.76. The summed E-state index contributed by atoms with van der Waals surface area (Å²) < 4.78 is 0. The van der Waals surface area contributed by atoms with Gasteiger partial charge in [0.05, 0.1) is 0 Å². The lowest BCUT2D eigenvalue weighted by atomic mass is 9.91. The molecule has 132 valence electrons. The lowest BCUT2D eigenvalue weighted by Gasteiger charge is -2.14. The number of rotatable bonds is 3. The molecule has 0 atom stereocenters. The first-order valence-electron chi connectivity index (χ1n) is 8.92. The molecule has 3 aromatic rings. The highest BCUT2D eigenvalue weighted by atomic mass is 16.1. The van der Waals surface area contributed by atoms with Crippen molar-refractivity contribution in [1.29, 1.82) is 0 Å². The maximum atomic E-state index is 12.5. The van der Waals surface area contributed by atoms with Crippen LogP contribution in [0.15, 0.2) is 72.8 Å². The minimum atomic E-state index is -0.0933. The molecule has 26 heavy (non-hydrogen) atoms. The van der Waals surface area contributed by atoms with Crippen LogP contribution in [0.4, 0.5) is 5.69 Å². The second-order valence-corrected chi connectivity index (χ2v) is 7.79.